The highest BCUT2D eigenvalue weighted by atomic mass is 32.1. The Morgan fingerprint density at radius 1 is 1.11 bits per heavy atom. The minimum atomic E-state index is -1.42. The van der Waals surface area contributed by atoms with Gasteiger partial charge in [0.2, 0.25) is 0 Å². The number of thiophene rings is 1. The number of hydrogen-bond donors (Lipinski definition) is 1. The maximum Gasteiger partial charge on any atom is 0.262 e. The standard InChI is InChI=1S/C28H31FN4O2S/c1-18(2)24(32(17-22(29)15-30)27(34)21-11-9-19(3)10-12-21)25-31-26-23(13-14-36-26)28(35)33(25)16-20-7-5-4-6-8-20/h4-14,18,22,24H,15-17,30H2,1-3H3. The van der Waals surface area contributed by atoms with E-state index in [4.69, 9.17) is 10.7 Å². The summed E-state index contributed by atoms with van der Waals surface area (Å²) in [6.45, 7) is 5.73. The minimum Gasteiger partial charge on any atom is -0.328 e. The van der Waals surface area contributed by atoms with Crippen molar-refractivity contribution in [3.63, 3.8) is 0 Å². The van der Waals surface area contributed by atoms with Gasteiger partial charge >= 0.3 is 0 Å². The number of amides is 1. The van der Waals surface area contributed by atoms with Crippen LogP contribution in [0.15, 0.2) is 70.8 Å². The Balaban J connectivity index is 1.90. The van der Waals surface area contributed by atoms with Crippen molar-refractivity contribution in [2.24, 2.45) is 11.7 Å². The van der Waals surface area contributed by atoms with E-state index < -0.39 is 12.2 Å². The summed E-state index contributed by atoms with van der Waals surface area (Å²) in [5, 5.41) is 2.37. The maximum absolute atomic E-state index is 14.8. The Morgan fingerprint density at radius 3 is 2.44 bits per heavy atom. The zero-order valence-corrected chi connectivity index (χ0v) is 21.5. The molecule has 2 atom stereocenters. The molecule has 1 amide bonds. The van der Waals surface area contributed by atoms with Crippen molar-refractivity contribution < 1.29 is 9.18 Å². The second kappa shape index (κ2) is 11.1. The second-order valence-electron chi connectivity index (χ2n) is 9.33. The van der Waals surface area contributed by atoms with Crippen molar-refractivity contribution in [1.82, 2.24) is 14.5 Å². The van der Waals surface area contributed by atoms with E-state index in [1.54, 1.807) is 22.8 Å². The van der Waals surface area contributed by atoms with Crippen molar-refractivity contribution in [1.29, 1.82) is 0 Å². The van der Waals surface area contributed by atoms with Crippen LogP contribution in [0.4, 0.5) is 4.39 Å². The fourth-order valence-electron chi connectivity index (χ4n) is 4.38. The molecule has 0 aliphatic carbocycles. The van der Waals surface area contributed by atoms with Gasteiger partial charge in [-0.3, -0.25) is 14.2 Å². The van der Waals surface area contributed by atoms with E-state index in [0.29, 0.717) is 28.1 Å². The van der Waals surface area contributed by atoms with Crippen LogP contribution < -0.4 is 11.3 Å². The lowest BCUT2D eigenvalue weighted by atomic mass is 9.98. The topological polar surface area (TPSA) is 81.2 Å². The van der Waals surface area contributed by atoms with Gasteiger partial charge in [0.15, 0.2) is 0 Å². The highest BCUT2D eigenvalue weighted by molar-refractivity contribution is 7.16. The van der Waals surface area contributed by atoms with E-state index in [1.807, 2.05) is 68.6 Å². The number of rotatable bonds is 9. The van der Waals surface area contributed by atoms with Crippen molar-refractivity contribution >= 4 is 27.5 Å². The maximum atomic E-state index is 14.8. The average molecular weight is 507 g/mol. The molecular formula is C28H31FN4O2S. The summed E-state index contributed by atoms with van der Waals surface area (Å²) >= 11 is 1.37. The van der Waals surface area contributed by atoms with Gasteiger partial charge in [0.05, 0.1) is 24.5 Å². The molecule has 0 saturated heterocycles. The van der Waals surface area contributed by atoms with Crippen molar-refractivity contribution in [3.05, 3.63) is 98.9 Å². The van der Waals surface area contributed by atoms with Gasteiger partial charge in [-0.05, 0) is 42.0 Å². The minimum absolute atomic E-state index is 0.157. The van der Waals surface area contributed by atoms with Crippen molar-refractivity contribution in [2.75, 3.05) is 13.1 Å². The molecule has 0 saturated carbocycles. The third kappa shape index (κ3) is 5.39. The first kappa shape index (κ1) is 25.7. The Labute approximate surface area is 214 Å². The Bertz CT molecular complexity index is 1380. The van der Waals surface area contributed by atoms with E-state index in [1.165, 1.54) is 16.2 Å². The molecule has 0 bridgehead atoms. The Morgan fingerprint density at radius 2 is 1.81 bits per heavy atom. The normalized spacial score (nSPS) is 13.2. The van der Waals surface area contributed by atoms with Crippen molar-refractivity contribution in [3.8, 4) is 0 Å². The fourth-order valence-corrected chi connectivity index (χ4v) is 5.14. The summed E-state index contributed by atoms with van der Waals surface area (Å²) in [4.78, 5) is 34.4. The van der Waals surface area contributed by atoms with Crippen LogP contribution in [0.2, 0.25) is 0 Å². The zero-order chi connectivity index (χ0) is 25.8. The highest BCUT2D eigenvalue weighted by Gasteiger charge is 2.34. The molecule has 188 valence electrons. The number of aromatic nitrogens is 2. The number of aryl methyl sites for hydroxylation is 1. The van der Waals surface area contributed by atoms with Gasteiger partial charge in [-0.15, -0.1) is 11.3 Å². The fraction of sp³-hybridized carbons (Fsp3) is 0.321. The molecule has 6 nitrogen and oxygen atoms in total. The van der Waals surface area contributed by atoms with Crippen LogP contribution in [0, 0.1) is 12.8 Å². The molecule has 4 aromatic rings. The van der Waals surface area contributed by atoms with Crippen molar-refractivity contribution in [2.45, 2.75) is 39.5 Å². The van der Waals surface area contributed by atoms with Crippen LogP contribution in [0.3, 0.4) is 0 Å². The number of nitrogens with zero attached hydrogens (tertiary/aromatic N) is 3. The summed E-state index contributed by atoms with van der Waals surface area (Å²) < 4.78 is 16.4. The predicted octanol–water partition coefficient (Wildman–Crippen LogP) is 4.95. The lowest BCUT2D eigenvalue weighted by Crippen LogP contribution is -2.45. The third-order valence-electron chi connectivity index (χ3n) is 6.24. The molecule has 0 aliphatic heterocycles. The lowest BCUT2D eigenvalue weighted by Gasteiger charge is -2.36. The number of carbonyl (C=O) groups is 1. The van der Waals surface area contributed by atoms with Gasteiger partial charge in [-0.1, -0.05) is 61.9 Å². The molecule has 4 rings (SSSR count). The number of fused-ring (bicyclic) bond motifs is 1. The van der Waals surface area contributed by atoms with Gasteiger partial charge < -0.3 is 10.6 Å². The van der Waals surface area contributed by atoms with Gasteiger partial charge in [-0.25, -0.2) is 9.37 Å². The first-order valence-electron chi connectivity index (χ1n) is 12.0. The summed E-state index contributed by atoms with van der Waals surface area (Å²) in [6, 6.07) is 17.9. The highest BCUT2D eigenvalue weighted by Crippen LogP contribution is 2.31. The van der Waals surface area contributed by atoms with E-state index in [9.17, 15) is 14.0 Å². The first-order valence-corrected chi connectivity index (χ1v) is 12.9. The smallest absolute Gasteiger partial charge is 0.262 e. The second-order valence-corrected chi connectivity index (χ2v) is 10.2. The van der Waals surface area contributed by atoms with Crippen LogP contribution in [0.1, 0.15) is 47.2 Å². The molecule has 0 spiro atoms. The molecular weight excluding hydrogens is 475 g/mol. The van der Waals surface area contributed by atoms with Gasteiger partial charge in [0.25, 0.3) is 11.5 Å². The molecule has 2 N–H and O–H groups in total. The summed E-state index contributed by atoms with van der Waals surface area (Å²) in [5.74, 6) is -0.0363. The molecule has 0 fully saturated rings. The molecule has 0 aliphatic rings. The largest absolute Gasteiger partial charge is 0.328 e. The lowest BCUT2D eigenvalue weighted by molar-refractivity contribution is 0.0534. The van der Waals surface area contributed by atoms with E-state index in [0.717, 1.165) is 11.1 Å². The molecule has 0 radical (unpaired) electrons. The summed E-state index contributed by atoms with van der Waals surface area (Å²) in [7, 11) is 0. The number of hydrogen-bond acceptors (Lipinski definition) is 5. The van der Waals surface area contributed by atoms with Gasteiger partial charge in [-0.2, -0.15) is 0 Å². The molecule has 2 aromatic heterocycles. The van der Waals surface area contributed by atoms with Crippen LogP contribution in [0.25, 0.3) is 10.2 Å². The monoisotopic (exact) mass is 506 g/mol. The van der Waals surface area contributed by atoms with Crippen LogP contribution in [-0.4, -0.2) is 39.6 Å². The quantitative estimate of drug-likeness (QED) is 0.348. The van der Waals surface area contributed by atoms with E-state index in [2.05, 4.69) is 0 Å². The summed E-state index contributed by atoms with van der Waals surface area (Å²) in [6.07, 6.45) is -1.42. The SMILES string of the molecule is Cc1ccc(C(=O)N(CC(F)CN)C(c2nc3sccc3c(=O)n2Cc2ccccc2)C(C)C)cc1. The molecule has 36 heavy (non-hydrogen) atoms. The molecule has 2 unspecified atom stereocenters. The van der Waals surface area contributed by atoms with E-state index in [-0.39, 0.29) is 30.5 Å². The van der Waals surface area contributed by atoms with Gasteiger partial charge in [0, 0.05) is 12.1 Å². The summed E-state index contributed by atoms with van der Waals surface area (Å²) in [5.41, 5.74) is 7.85. The van der Waals surface area contributed by atoms with Crippen LogP contribution in [-0.2, 0) is 6.54 Å². The van der Waals surface area contributed by atoms with Crippen LogP contribution >= 0.6 is 11.3 Å². The predicted molar refractivity (Wildman–Crippen MR) is 143 cm³/mol. The number of benzene rings is 2. The average Bonchev–Trinajstić information content (AvgIpc) is 3.35. The number of nitrogens with two attached hydrogens (primary N) is 1. The molecule has 2 aromatic carbocycles. The number of alkyl halides is 1. The number of halogens is 1. The zero-order valence-electron chi connectivity index (χ0n) is 20.7. The first-order chi connectivity index (χ1) is 17.3. The Hall–Kier alpha value is -3.36. The molecule has 8 heteroatoms. The number of carbonyl (C=O) groups excluding carboxylic acids is 1. The molecule has 2 heterocycles. The third-order valence-corrected chi connectivity index (χ3v) is 7.04. The van der Waals surface area contributed by atoms with Gasteiger partial charge in [0.1, 0.15) is 16.8 Å². The van der Waals surface area contributed by atoms with E-state index >= 15 is 0 Å². The Kier molecular flexibility index (Phi) is 7.96. The van der Waals surface area contributed by atoms with Crippen LogP contribution in [0.5, 0.6) is 0 Å².